The predicted molar refractivity (Wildman–Crippen MR) is 115 cm³/mol. The van der Waals surface area contributed by atoms with Crippen LogP contribution in [0.3, 0.4) is 0 Å². The number of ketones is 1. The normalized spacial score (nSPS) is 10.7. The number of hydrogen-bond acceptors (Lipinski definition) is 4. The molecule has 5 heteroatoms. The molecule has 146 valence electrons. The number of carbonyl (C=O) groups is 1. The van der Waals surface area contributed by atoms with E-state index in [0.717, 1.165) is 20.9 Å². The van der Waals surface area contributed by atoms with Crippen LogP contribution in [0.2, 0.25) is 0 Å². The van der Waals surface area contributed by atoms with E-state index in [2.05, 4.69) is 0 Å². The summed E-state index contributed by atoms with van der Waals surface area (Å²) in [4.78, 5) is 26.3. The third-order valence-corrected chi connectivity index (χ3v) is 5.24. The van der Waals surface area contributed by atoms with Crippen LogP contribution in [0.5, 0.6) is 5.88 Å². The molecule has 3 aromatic carbocycles. The van der Waals surface area contributed by atoms with Crippen molar-refractivity contribution in [2.75, 3.05) is 0 Å². The molecule has 5 nitrogen and oxygen atoms in total. The van der Waals surface area contributed by atoms with Crippen LogP contribution in [0, 0.1) is 18.3 Å². The van der Waals surface area contributed by atoms with Crippen molar-refractivity contribution in [3.63, 3.8) is 0 Å². The van der Waals surface area contributed by atoms with Crippen molar-refractivity contribution < 1.29 is 9.90 Å². The minimum absolute atomic E-state index is 0.0292. The lowest BCUT2D eigenvalue weighted by Gasteiger charge is -2.16. The van der Waals surface area contributed by atoms with E-state index in [1.54, 1.807) is 12.1 Å². The van der Waals surface area contributed by atoms with Crippen molar-refractivity contribution in [1.29, 1.82) is 5.26 Å². The van der Waals surface area contributed by atoms with Crippen LogP contribution in [0.1, 0.15) is 32.6 Å². The SMILES string of the molecule is Cc1c(C(=O)c2cccc3ccccc23)c(O)n(Cc2ccccc2)c(=O)c1C#N. The summed E-state index contributed by atoms with van der Waals surface area (Å²) in [7, 11) is 0. The van der Waals surface area contributed by atoms with Crippen LogP contribution in [0.25, 0.3) is 10.8 Å². The van der Waals surface area contributed by atoms with E-state index in [0.29, 0.717) is 5.56 Å². The summed E-state index contributed by atoms with van der Waals surface area (Å²) in [6.45, 7) is 1.57. The Balaban J connectivity index is 1.95. The van der Waals surface area contributed by atoms with Gasteiger partial charge in [0.2, 0.25) is 5.88 Å². The van der Waals surface area contributed by atoms with Crippen LogP contribution in [-0.4, -0.2) is 15.5 Å². The van der Waals surface area contributed by atoms with Gasteiger partial charge in [-0.05, 0) is 28.8 Å². The van der Waals surface area contributed by atoms with Gasteiger partial charge in [-0.25, -0.2) is 0 Å². The fraction of sp³-hybridized carbons (Fsp3) is 0.0800. The zero-order chi connectivity index (χ0) is 21.3. The molecule has 0 amide bonds. The Morgan fingerprint density at radius 3 is 2.40 bits per heavy atom. The van der Waals surface area contributed by atoms with E-state index < -0.39 is 17.2 Å². The zero-order valence-corrected chi connectivity index (χ0v) is 16.3. The van der Waals surface area contributed by atoms with E-state index in [1.165, 1.54) is 6.92 Å². The molecule has 4 rings (SSSR count). The van der Waals surface area contributed by atoms with Crippen molar-refractivity contribution >= 4 is 16.6 Å². The maximum absolute atomic E-state index is 13.5. The summed E-state index contributed by atoms with van der Waals surface area (Å²) in [5.74, 6) is -0.863. The molecular weight excluding hydrogens is 376 g/mol. The third-order valence-electron chi connectivity index (χ3n) is 5.24. The van der Waals surface area contributed by atoms with E-state index >= 15 is 0 Å². The number of aromatic nitrogens is 1. The first-order valence-electron chi connectivity index (χ1n) is 9.45. The Morgan fingerprint density at radius 1 is 1.00 bits per heavy atom. The van der Waals surface area contributed by atoms with E-state index in [4.69, 9.17) is 0 Å². The summed E-state index contributed by atoms with van der Waals surface area (Å²) >= 11 is 0. The molecule has 4 aromatic rings. The highest BCUT2D eigenvalue weighted by Gasteiger charge is 2.25. The van der Waals surface area contributed by atoms with Gasteiger partial charge in [-0.1, -0.05) is 72.8 Å². The number of aromatic hydroxyl groups is 1. The van der Waals surface area contributed by atoms with E-state index in [9.17, 15) is 20.0 Å². The Bertz CT molecular complexity index is 1370. The second-order valence-corrected chi connectivity index (χ2v) is 7.04. The molecule has 0 fully saturated rings. The van der Waals surface area contributed by atoms with E-state index in [-0.39, 0.29) is 23.2 Å². The molecule has 0 aliphatic heterocycles. The van der Waals surface area contributed by atoms with Crippen molar-refractivity contribution in [1.82, 2.24) is 4.57 Å². The van der Waals surface area contributed by atoms with Gasteiger partial charge in [-0.2, -0.15) is 5.26 Å². The molecule has 0 aliphatic rings. The highest BCUT2D eigenvalue weighted by molar-refractivity contribution is 6.18. The molecule has 0 spiro atoms. The van der Waals surface area contributed by atoms with Gasteiger partial charge in [-0.15, -0.1) is 0 Å². The number of nitriles is 1. The lowest BCUT2D eigenvalue weighted by molar-refractivity contribution is 0.103. The minimum atomic E-state index is -0.620. The summed E-state index contributed by atoms with van der Waals surface area (Å²) in [5, 5.41) is 22.2. The number of hydrogen-bond donors (Lipinski definition) is 1. The van der Waals surface area contributed by atoms with Crippen LogP contribution in [0.4, 0.5) is 0 Å². The van der Waals surface area contributed by atoms with Gasteiger partial charge in [0.1, 0.15) is 11.6 Å². The van der Waals surface area contributed by atoms with Crippen molar-refractivity contribution in [2.45, 2.75) is 13.5 Å². The molecule has 1 aromatic heterocycles. The molecular formula is C25H18N2O3. The van der Waals surface area contributed by atoms with Crippen LogP contribution < -0.4 is 5.56 Å². The molecule has 0 radical (unpaired) electrons. The largest absolute Gasteiger partial charge is 0.494 e. The average molecular weight is 394 g/mol. The average Bonchev–Trinajstić information content (AvgIpc) is 2.77. The summed E-state index contributed by atoms with van der Waals surface area (Å²) in [6.07, 6.45) is 0. The molecule has 0 bridgehead atoms. The van der Waals surface area contributed by atoms with Crippen LogP contribution in [-0.2, 0) is 6.54 Å². The van der Waals surface area contributed by atoms with Crippen molar-refractivity contribution in [3.05, 3.63) is 111 Å². The number of benzene rings is 3. The van der Waals surface area contributed by atoms with Gasteiger partial charge >= 0.3 is 0 Å². The van der Waals surface area contributed by atoms with Gasteiger partial charge in [0.05, 0.1) is 12.1 Å². The second kappa shape index (κ2) is 7.69. The lowest BCUT2D eigenvalue weighted by Crippen LogP contribution is -2.27. The predicted octanol–water partition coefficient (Wildman–Crippen LogP) is 4.17. The Kier molecular flexibility index (Phi) is 4.91. The number of nitrogens with zero attached hydrogens (tertiary/aromatic N) is 2. The first-order valence-corrected chi connectivity index (χ1v) is 9.45. The van der Waals surface area contributed by atoms with Crippen LogP contribution >= 0.6 is 0 Å². The maximum Gasteiger partial charge on any atom is 0.271 e. The number of fused-ring (bicyclic) bond motifs is 1. The van der Waals surface area contributed by atoms with Crippen molar-refractivity contribution in [2.24, 2.45) is 0 Å². The van der Waals surface area contributed by atoms with Gasteiger partial charge in [-0.3, -0.25) is 14.2 Å². The monoisotopic (exact) mass is 394 g/mol. The Morgan fingerprint density at radius 2 is 1.67 bits per heavy atom. The highest BCUT2D eigenvalue weighted by Crippen LogP contribution is 2.28. The number of rotatable bonds is 4. The molecule has 1 N–H and O–H groups in total. The Hall–Kier alpha value is -4.17. The Labute approximate surface area is 173 Å². The maximum atomic E-state index is 13.5. The standard InChI is InChI=1S/C25H18N2O3/c1-16-21(14-26)24(29)27(15-17-8-3-2-4-9-17)25(30)22(16)23(28)20-13-7-11-18-10-5-6-12-19(18)20/h2-13,30H,15H2,1H3. The van der Waals surface area contributed by atoms with Gasteiger partial charge in [0.25, 0.3) is 5.56 Å². The number of pyridine rings is 1. The summed E-state index contributed by atoms with van der Waals surface area (Å²) in [6, 6.07) is 23.8. The molecule has 0 saturated carbocycles. The summed E-state index contributed by atoms with van der Waals surface area (Å²) in [5.41, 5.74) is 0.560. The van der Waals surface area contributed by atoms with Crippen molar-refractivity contribution in [3.8, 4) is 11.9 Å². The van der Waals surface area contributed by atoms with E-state index in [1.807, 2.05) is 66.7 Å². The molecule has 30 heavy (non-hydrogen) atoms. The molecule has 0 atom stereocenters. The van der Waals surface area contributed by atoms with Gasteiger partial charge in [0, 0.05) is 5.56 Å². The minimum Gasteiger partial charge on any atom is -0.494 e. The fourth-order valence-electron chi connectivity index (χ4n) is 3.69. The summed E-state index contributed by atoms with van der Waals surface area (Å²) < 4.78 is 1.08. The van der Waals surface area contributed by atoms with Gasteiger partial charge in [0.15, 0.2) is 5.78 Å². The smallest absolute Gasteiger partial charge is 0.271 e. The number of carbonyl (C=O) groups excluding carboxylic acids is 1. The highest BCUT2D eigenvalue weighted by atomic mass is 16.3. The fourth-order valence-corrected chi connectivity index (χ4v) is 3.69. The van der Waals surface area contributed by atoms with Crippen LogP contribution in [0.15, 0.2) is 77.6 Å². The molecule has 1 heterocycles. The third kappa shape index (κ3) is 3.15. The molecule has 0 unspecified atom stereocenters. The zero-order valence-electron chi connectivity index (χ0n) is 16.3. The molecule has 0 saturated heterocycles. The second-order valence-electron chi connectivity index (χ2n) is 7.04. The first-order chi connectivity index (χ1) is 14.5. The lowest BCUT2D eigenvalue weighted by atomic mass is 9.93. The first kappa shape index (κ1) is 19.2. The quantitative estimate of drug-likeness (QED) is 0.527. The molecule has 0 aliphatic carbocycles. The topological polar surface area (TPSA) is 83.1 Å². The van der Waals surface area contributed by atoms with Gasteiger partial charge < -0.3 is 5.11 Å².